The molecule has 0 aromatic rings. The fraction of sp³-hybridized carbons (Fsp3) is 0.800. The highest BCUT2D eigenvalue weighted by Crippen LogP contribution is 2.84. The lowest BCUT2D eigenvalue weighted by molar-refractivity contribution is -0.0751. The average Bonchev–Trinajstić information content (AvgIpc) is 3.16. The topological polar surface area (TPSA) is 0 Å². The molecule has 0 aliphatic heterocycles. The summed E-state index contributed by atoms with van der Waals surface area (Å²) in [6.45, 7) is 2.64. The van der Waals surface area contributed by atoms with Crippen LogP contribution in [0.25, 0.3) is 0 Å². The number of allylic oxidation sites excluding steroid dienone is 4. The molecule has 0 N–H and O–H groups in total. The summed E-state index contributed by atoms with van der Waals surface area (Å²) in [5.74, 6) is 4.00. The van der Waals surface area contributed by atoms with Crippen LogP contribution in [0.1, 0.15) is 64.7 Å². The molecule has 0 aromatic heterocycles. The Labute approximate surface area is 122 Å². The summed E-state index contributed by atoms with van der Waals surface area (Å²) < 4.78 is 0. The molecule has 7 aliphatic rings. The van der Waals surface area contributed by atoms with Crippen molar-refractivity contribution in [3.8, 4) is 0 Å². The first-order valence-corrected chi connectivity index (χ1v) is 9.19. The zero-order valence-corrected chi connectivity index (χ0v) is 12.8. The minimum Gasteiger partial charge on any atom is -0.0813 e. The van der Waals surface area contributed by atoms with Crippen molar-refractivity contribution in [1.82, 2.24) is 0 Å². The molecule has 0 heteroatoms. The lowest BCUT2D eigenvalue weighted by Gasteiger charge is -2.59. The van der Waals surface area contributed by atoms with Gasteiger partial charge in [-0.2, -0.15) is 0 Å². The third-order valence-corrected chi connectivity index (χ3v) is 8.91. The molecule has 0 aromatic carbocycles. The first-order chi connectivity index (χ1) is 9.76. The molecule has 4 saturated carbocycles. The average molecular weight is 266 g/mol. The SMILES string of the molecule is CC1C23CCCC2=C2CC4C=C5CCCC5CC4C21C3. The van der Waals surface area contributed by atoms with Gasteiger partial charge in [0, 0.05) is 0 Å². The molecule has 4 fully saturated rings. The highest BCUT2D eigenvalue weighted by molar-refractivity contribution is 5.52. The second-order valence-corrected chi connectivity index (χ2v) is 8.95. The van der Waals surface area contributed by atoms with Gasteiger partial charge in [-0.15, -0.1) is 0 Å². The second kappa shape index (κ2) is 3.13. The maximum Gasteiger partial charge on any atom is -0.000840 e. The van der Waals surface area contributed by atoms with Gasteiger partial charge < -0.3 is 0 Å². The molecule has 7 aliphatic carbocycles. The fourth-order valence-electron chi connectivity index (χ4n) is 8.27. The Morgan fingerprint density at radius 3 is 3.00 bits per heavy atom. The number of hydrogen-bond donors (Lipinski definition) is 0. The maximum absolute atomic E-state index is 2.79. The number of fused-ring (bicyclic) bond motifs is 2. The van der Waals surface area contributed by atoms with Crippen LogP contribution in [0.15, 0.2) is 22.8 Å². The van der Waals surface area contributed by atoms with Gasteiger partial charge in [-0.05, 0) is 92.3 Å². The smallest absolute Gasteiger partial charge is 0.000840 e. The maximum atomic E-state index is 2.79. The summed E-state index contributed by atoms with van der Waals surface area (Å²) >= 11 is 0. The number of hydrogen-bond acceptors (Lipinski definition) is 0. The van der Waals surface area contributed by atoms with E-state index in [0.29, 0.717) is 5.41 Å². The minimum absolute atomic E-state index is 0.713. The zero-order chi connectivity index (χ0) is 13.1. The molecule has 0 amide bonds. The molecule has 0 nitrogen and oxygen atoms in total. The van der Waals surface area contributed by atoms with Gasteiger partial charge in [-0.3, -0.25) is 0 Å². The second-order valence-electron chi connectivity index (χ2n) is 8.95. The van der Waals surface area contributed by atoms with E-state index < -0.39 is 0 Å². The Morgan fingerprint density at radius 2 is 2.10 bits per heavy atom. The van der Waals surface area contributed by atoms with Crippen molar-refractivity contribution < 1.29 is 0 Å². The summed E-state index contributed by atoms with van der Waals surface area (Å²) in [5, 5.41) is 0. The summed E-state index contributed by atoms with van der Waals surface area (Å²) in [7, 11) is 0. The molecule has 106 valence electrons. The third-order valence-electron chi connectivity index (χ3n) is 8.91. The monoisotopic (exact) mass is 266 g/mol. The van der Waals surface area contributed by atoms with Gasteiger partial charge in [0.15, 0.2) is 0 Å². The van der Waals surface area contributed by atoms with Gasteiger partial charge in [0.25, 0.3) is 0 Å². The number of rotatable bonds is 0. The summed E-state index contributed by atoms with van der Waals surface area (Å²) in [4.78, 5) is 0. The van der Waals surface area contributed by atoms with Gasteiger partial charge in [-0.1, -0.05) is 29.7 Å². The van der Waals surface area contributed by atoms with Crippen LogP contribution in [0.4, 0.5) is 0 Å². The van der Waals surface area contributed by atoms with Crippen molar-refractivity contribution in [2.75, 3.05) is 0 Å². The lowest BCUT2D eigenvalue weighted by Crippen LogP contribution is -2.53. The minimum atomic E-state index is 0.713. The fourth-order valence-corrected chi connectivity index (χ4v) is 8.27. The summed E-state index contributed by atoms with van der Waals surface area (Å²) in [5.41, 5.74) is 7.35. The predicted molar refractivity (Wildman–Crippen MR) is 81.2 cm³/mol. The van der Waals surface area contributed by atoms with Crippen molar-refractivity contribution in [1.29, 1.82) is 0 Å². The van der Waals surface area contributed by atoms with Gasteiger partial charge in [0.1, 0.15) is 0 Å². The molecule has 6 atom stereocenters. The van der Waals surface area contributed by atoms with Gasteiger partial charge in [-0.25, -0.2) is 0 Å². The van der Waals surface area contributed by atoms with Crippen LogP contribution >= 0.6 is 0 Å². The van der Waals surface area contributed by atoms with E-state index in [-0.39, 0.29) is 0 Å². The van der Waals surface area contributed by atoms with Crippen LogP contribution in [-0.4, -0.2) is 0 Å². The summed E-state index contributed by atoms with van der Waals surface area (Å²) in [6, 6.07) is 0. The van der Waals surface area contributed by atoms with Crippen molar-refractivity contribution in [2.45, 2.75) is 64.7 Å². The Bertz CT molecular complexity index is 579. The standard InChI is InChI=1S/C20H26/c1-12-19-7-3-6-16(19)18-10-15-8-13-4-2-5-14(13)9-17(15)20(12,18)11-19/h8,12,14-15,17H,2-7,9-11H2,1H3. The molecular formula is C20H26. The Balaban J connectivity index is 1.50. The molecule has 2 bridgehead atoms. The highest BCUT2D eigenvalue weighted by atomic mass is 14.8. The van der Waals surface area contributed by atoms with E-state index in [1.165, 1.54) is 44.9 Å². The van der Waals surface area contributed by atoms with E-state index in [1.54, 1.807) is 12.8 Å². The van der Waals surface area contributed by atoms with E-state index >= 15 is 0 Å². The van der Waals surface area contributed by atoms with Crippen molar-refractivity contribution in [2.24, 2.45) is 34.5 Å². The normalized spacial score (nSPS) is 58.0. The Morgan fingerprint density at radius 1 is 1.15 bits per heavy atom. The van der Waals surface area contributed by atoms with E-state index in [4.69, 9.17) is 0 Å². The summed E-state index contributed by atoms with van der Waals surface area (Å²) in [6.07, 6.45) is 16.3. The van der Waals surface area contributed by atoms with Crippen LogP contribution in [0.2, 0.25) is 0 Å². The van der Waals surface area contributed by atoms with E-state index in [9.17, 15) is 0 Å². The Hall–Kier alpha value is -0.520. The van der Waals surface area contributed by atoms with Crippen LogP contribution in [-0.2, 0) is 0 Å². The van der Waals surface area contributed by atoms with Gasteiger partial charge in [0.2, 0.25) is 0 Å². The largest absolute Gasteiger partial charge is 0.0813 e. The van der Waals surface area contributed by atoms with Gasteiger partial charge >= 0.3 is 0 Å². The zero-order valence-electron chi connectivity index (χ0n) is 12.8. The van der Waals surface area contributed by atoms with Crippen LogP contribution in [0.3, 0.4) is 0 Å². The van der Waals surface area contributed by atoms with Crippen LogP contribution < -0.4 is 0 Å². The highest BCUT2D eigenvalue weighted by Gasteiger charge is 2.75. The van der Waals surface area contributed by atoms with Gasteiger partial charge in [0.05, 0.1) is 0 Å². The lowest BCUT2D eigenvalue weighted by atomic mass is 9.45. The van der Waals surface area contributed by atoms with Crippen LogP contribution in [0, 0.1) is 34.5 Å². The molecule has 0 radical (unpaired) electrons. The molecule has 6 unspecified atom stereocenters. The quantitative estimate of drug-likeness (QED) is 0.525. The van der Waals surface area contributed by atoms with Crippen LogP contribution in [0.5, 0.6) is 0 Å². The molecule has 2 spiro atoms. The van der Waals surface area contributed by atoms with Crippen molar-refractivity contribution in [3.63, 3.8) is 0 Å². The predicted octanol–water partition coefficient (Wildman–Crippen LogP) is 5.26. The van der Waals surface area contributed by atoms with E-state index in [1.807, 2.05) is 16.7 Å². The Kier molecular flexibility index (Phi) is 1.74. The molecular weight excluding hydrogens is 240 g/mol. The van der Waals surface area contributed by atoms with Crippen molar-refractivity contribution >= 4 is 0 Å². The first-order valence-electron chi connectivity index (χ1n) is 9.19. The molecule has 0 heterocycles. The van der Waals surface area contributed by atoms with E-state index in [0.717, 1.165) is 29.1 Å². The first kappa shape index (κ1) is 11.1. The van der Waals surface area contributed by atoms with Crippen molar-refractivity contribution in [3.05, 3.63) is 22.8 Å². The molecule has 0 saturated heterocycles. The third kappa shape index (κ3) is 0.904. The molecule has 20 heavy (non-hydrogen) atoms. The molecule has 7 rings (SSSR count). The van der Waals surface area contributed by atoms with E-state index in [2.05, 4.69) is 13.0 Å².